The predicted octanol–water partition coefficient (Wildman–Crippen LogP) is 12.1. The predicted molar refractivity (Wildman–Crippen MR) is 338 cm³/mol. The lowest BCUT2D eigenvalue weighted by Gasteiger charge is -2.33. The van der Waals surface area contributed by atoms with Crippen LogP contribution in [0.25, 0.3) is 0 Å². The van der Waals surface area contributed by atoms with Crippen LogP contribution in [0.1, 0.15) is 173 Å². The molecule has 3 aromatic rings. The van der Waals surface area contributed by atoms with Crippen LogP contribution < -0.4 is 0 Å². The van der Waals surface area contributed by atoms with E-state index in [2.05, 4.69) is 4.98 Å². The van der Waals surface area contributed by atoms with Crippen LogP contribution in [0.3, 0.4) is 0 Å². The molecule has 17 nitrogen and oxygen atoms in total. The van der Waals surface area contributed by atoms with Crippen molar-refractivity contribution < 1.29 is 63.8 Å². The lowest BCUT2D eigenvalue weighted by Crippen LogP contribution is -2.42. The number of hydrogen-bond donors (Lipinski definition) is 6. The lowest BCUT2D eigenvalue weighted by atomic mass is 10.00. The molecular weight excluding hydrogens is 1100 g/mol. The molecule has 3 fully saturated rings. The van der Waals surface area contributed by atoms with Gasteiger partial charge in [-0.1, -0.05) is 127 Å². The average molecular weight is 1200 g/mol. The maximum atomic E-state index is 12.3. The number of carbonyl (C=O) groups is 6. The van der Waals surface area contributed by atoms with Gasteiger partial charge in [-0.15, -0.1) is 11.3 Å². The Bertz CT molecular complexity index is 2330. The van der Waals surface area contributed by atoms with E-state index in [-0.39, 0.29) is 55.1 Å². The first-order valence-corrected chi connectivity index (χ1v) is 31.6. The molecule has 472 valence electrons. The van der Waals surface area contributed by atoms with Gasteiger partial charge in [-0.25, -0.2) is 0 Å². The fourth-order valence-corrected chi connectivity index (χ4v) is 9.92. The van der Waals surface area contributed by atoms with Crippen LogP contribution in [0.4, 0.5) is 0 Å². The second kappa shape index (κ2) is 48.5. The van der Waals surface area contributed by atoms with Crippen molar-refractivity contribution >= 4 is 47.0 Å². The molecule has 85 heavy (non-hydrogen) atoms. The lowest BCUT2D eigenvalue weighted by molar-refractivity contribution is -0.138. The van der Waals surface area contributed by atoms with Crippen molar-refractivity contribution in [1.29, 1.82) is 0 Å². The minimum absolute atomic E-state index is 0.0119. The summed E-state index contributed by atoms with van der Waals surface area (Å²) in [6.45, 7) is 13.5. The van der Waals surface area contributed by atoms with Gasteiger partial charge in [0.25, 0.3) is 0 Å². The van der Waals surface area contributed by atoms with Gasteiger partial charge in [0.2, 0.25) is 17.7 Å². The monoisotopic (exact) mass is 1200 g/mol. The molecule has 3 amide bonds. The quantitative estimate of drug-likeness (QED) is 0.0268. The van der Waals surface area contributed by atoms with E-state index in [9.17, 15) is 44.1 Å². The van der Waals surface area contributed by atoms with Crippen molar-refractivity contribution in [3.8, 4) is 0 Å². The Balaban J connectivity index is 0.000000610. The van der Waals surface area contributed by atoms with Crippen molar-refractivity contribution in [2.24, 2.45) is 0 Å². The summed E-state index contributed by atoms with van der Waals surface area (Å²) in [5.41, 5.74) is 0.829. The summed E-state index contributed by atoms with van der Waals surface area (Å²) in [6, 6.07) is 13.2. The molecule has 6 heterocycles. The van der Waals surface area contributed by atoms with E-state index >= 15 is 0 Å². The Labute approximate surface area is 510 Å². The number of nitrogens with zero attached hydrogens (tertiary/aromatic N) is 4. The number of aromatic nitrogens is 1. The zero-order chi connectivity index (χ0) is 63.0. The summed E-state index contributed by atoms with van der Waals surface area (Å²) in [7, 11) is 0. The number of furan rings is 1. The minimum Gasteiger partial charge on any atom is -0.481 e. The number of aliphatic carboxylic acids is 3. The van der Waals surface area contributed by atoms with Gasteiger partial charge in [-0.3, -0.25) is 33.8 Å². The van der Waals surface area contributed by atoms with Crippen molar-refractivity contribution in [3.63, 3.8) is 0 Å². The Morgan fingerprint density at radius 1 is 0.553 bits per heavy atom. The number of hydrogen-bond acceptors (Lipinski definition) is 12. The number of piperidine rings is 3. The van der Waals surface area contributed by atoms with Gasteiger partial charge in [0.15, 0.2) is 0 Å². The third-order valence-corrected chi connectivity index (χ3v) is 14.2. The van der Waals surface area contributed by atoms with E-state index in [0.29, 0.717) is 96.7 Å². The molecule has 0 radical (unpaired) electrons. The van der Waals surface area contributed by atoms with Gasteiger partial charge < -0.3 is 49.8 Å². The van der Waals surface area contributed by atoms with Gasteiger partial charge in [-0.05, 0) is 113 Å². The number of carboxylic acid groups (broad SMARTS) is 3. The van der Waals surface area contributed by atoms with Crippen LogP contribution in [-0.4, -0.2) is 142 Å². The molecule has 6 rings (SSSR count). The highest BCUT2D eigenvalue weighted by atomic mass is 32.1. The summed E-state index contributed by atoms with van der Waals surface area (Å²) in [6.07, 6.45) is 36.8. The van der Waals surface area contributed by atoms with Crippen molar-refractivity contribution in [1.82, 2.24) is 19.7 Å². The number of aliphatic hydroxyl groups is 3. The molecule has 0 bridgehead atoms. The topological polar surface area (TPSA) is 260 Å². The van der Waals surface area contributed by atoms with Gasteiger partial charge in [-0.2, -0.15) is 0 Å². The summed E-state index contributed by atoms with van der Waals surface area (Å²) in [5.74, 6) is -1.27. The van der Waals surface area contributed by atoms with Crippen molar-refractivity contribution in [2.45, 2.75) is 213 Å². The number of carboxylic acids is 3. The first kappa shape index (κ1) is 76.3. The number of aliphatic hydroxyl groups excluding tert-OH is 3. The number of pyridine rings is 1. The number of unbranched alkanes of at least 4 members (excludes halogenated alkanes) is 3. The molecule has 6 N–H and O–H groups in total. The van der Waals surface area contributed by atoms with Crippen LogP contribution >= 0.6 is 11.3 Å². The van der Waals surface area contributed by atoms with Gasteiger partial charge >= 0.3 is 17.9 Å². The number of carbonyl (C=O) groups excluding carboxylic acids is 3. The van der Waals surface area contributed by atoms with Crippen LogP contribution in [-0.2, 0) is 48.0 Å². The molecule has 18 heteroatoms. The van der Waals surface area contributed by atoms with Gasteiger partial charge in [0, 0.05) is 94.2 Å². The molecule has 3 aromatic heterocycles. The molecule has 0 aromatic carbocycles. The molecule has 0 aliphatic carbocycles. The zero-order valence-corrected chi connectivity index (χ0v) is 52.2. The number of allylic oxidation sites excluding steroid dienone is 3. The largest absolute Gasteiger partial charge is 0.481 e. The Hall–Kier alpha value is -6.73. The van der Waals surface area contributed by atoms with Gasteiger partial charge in [0.05, 0.1) is 42.7 Å². The summed E-state index contributed by atoms with van der Waals surface area (Å²) in [4.78, 5) is 79.0. The zero-order valence-electron chi connectivity index (χ0n) is 51.4. The third-order valence-electron chi connectivity index (χ3n) is 13.3. The number of amides is 3. The van der Waals surface area contributed by atoms with Crippen LogP contribution in [0.2, 0.25) is 0 Å². The van der Waals surface area contributed by atoms with Crippen LogP contribution in [0.5, 0.6) is 0 Å². The SMILES string of the molecule is CC.CC.CC.O=C(O)CCCC=CCN1C(=O)CCC[C@@H]1C=CC(O)Cc1ccccn1.O=C(O)CCCC=CCN1C(=O)CCC[C@@H]1C=CC(O)Cc1ccco1.O=C(O)CCCC=CCN1C(=O)CCC[C@@H]1C=CC(O)Cc1cccs1. The maximum absolute atomic E-state index is 12.3. The highest BCUT2D eigenvalue weighted by molar-refractivity contribution is 7.09. The maximum Gasteiger partial charge on any atom is 0.303 e. The highest BCUT2D eigenvalue weighted by Crippen LogP contribution is 2.23. The number of thiophene rings is 1. The second-order valence-electron chi connectivity index (χ2n) is 19.7. The Morgan fingerprint density at radius 3 is 1.32 bits per heavy atom. The molecular formula is C67H100N4O13S. The minimum atomic E-state index is -0.789. The summed E-state index contributed by atoms with van der Waals surface area (Å²) >= 11 is 1.63. The highest BCUT2D eigenvalue weighted by Gasteiger charge is 2.28. The fraction of sp³-hybridized carbons (Fsp3) is 0.537. The van der Waals surface area contributed by atoms with E-state index in [1.807, 2.05) is 153 Å². The fourth-order valence-electron chi connectivity index (χ4n) is 9.16. The molecule has 3 unspecified atom stereocenters. The second-order valence-corrected chi connectivity index (χ2v) is 20.8. The molecule has 0 saturated carbocycles. The standard InChI is InChI=1S/C21H28N2O4.C20H27NO5.C20H27NO4S.3C2H6/c24-19(16-17-8-4-5-14-22-17)13-12-18-9-7-10-20(25)23(18)15-6-2-1-3-11-21(26)27;2*22-17(15-18-8-6-14-26-18)12-11-16-7-5-9-19(23)21(16)13-4-2-1-3-10-20(24)25;3*1-2/h2,4-6,8,12-14,18-19,24H,1,3,7,9-11,15-16H2,(H,26,27);2*2,4,6,8,11-12,14,16-17,22H,1,3,5,7,9-10,13,15H2,(H,24,25);3*1-2H3/t18-,19?;2*16-,17?;;;/m111.../s1. The molecule has 3 saturated heterocycles. The number of rotatable bonds is 30. The molecule has 6 atom stereocenters. The summed E-state index contributed by atoms with van der Waals surface area (Å²) in [5, 5.41) is 58.4. The first-order valence-electron chi connectivity index (χ1n) is 30.7. The van der Waals surface area contributed by atoms with E-state index in [1.165, 1.54) is 0 Å². The van der Waals surface area contributed by atoms with E-state index < -0.39 is 36.2 Å². The molecule has 0 spiro atoms. The summed E-state index contributed by atoms with van der Waals surface area (Å²) < 4.78 is 5.23. The van der Waals surface area contributed by atoms with Gasteiger partial charge in [0.1, 0.15) is 5.76 Å². The number of likely N-dealkylation sites (tertiary alicyclic amines) is 3. The Morgan fingerprint density at radius 2 is 0.965 bits per heavy atom. The van der Waals surface area contributed by atoms with E-state index in [1.54, 1.807) is 48.1 Å². The molecule has 3 aliphatic heterocycles. The van der Waals surface area contributed by atoms with Crippen LogP contribution in [0.15, 0.2) is 138 Å². The van der Waals surface area contributed by atoms with E-state index in [0.717, 1.165) is 54.9 Å². The van der Waals surface area contributed by atoms with Crippen molar-refractivity contribution in [3.05, 3.63) is 150 Å². The van der Waals surface area contributed by atoms with Crippen LogP contribution in [0, 0.1) is 0 Å². The van der Waals surface area contributed by atoms with Crippen molar-refractivity contribution in [2.75, 3.05) is 19.6 Å². The smallest absolute Gasteiger partial charge is 0.303 e. The average Bonchev–Trinajstić information content (AvgIpc) is 4.42. The third kappa shape index (κ3) is 35.4. The Kier molecular flexibility index (Phi) is 43.5. The first-order chi connectivity index (χ1) is 41.2. The molecule has 3 aliphatic rings. The normalized spacial score (nSPS) is 18.2. The van der Waals surface area contributed by atoms with E-state index in [4.69, 9.17) is 19.7 Å².